The van der Waals surface area contributed by atoms with E-state index in [9.17, 15) is 20.0 Å². The summed E-state index contributed by atoms with van der Waals surface area (Å²) in [6, 6.07) is 4.42. The first-order chi connectivity index (χ1) is 8.82. The minimum Gasteiger partial charge on any atom is -0.393 e. The molecule has 1 aromatic rings. The van der Waals surface area contributed by atoms with Gasteiger partial charge < -0.3 is 10.0 Å². The molecule has 6 nitrogen and oxygen atoms in total. The Morgan fingerprint density at radius 3 is 2.68 bits per heavy atom. The number of aliphatic hydroxyl groups excluding tert-OH is 1. The molecule has 1 aromatic carbocycles. The maximum absolute atomic E-state index is 12.1. The zero-order chi connectivity index (χ0) is 14.6. The van der Waals surface area contributed by atoms with E-state index >= 15 is 0 Å². The number of nitrogens with zero attached hydrogens (tertiary/aromatic N) is 2. The first kappa shape index (κ1) is 15.1. The summed E-state index contributed by atoms with van der Waals surface area (Å²) >= 11 is 0. The Labute approximate surface area is 111 Å². The molecule has 0 heterocycles. The highest BCUT2D eigenvalue weighted by molar-refractivity contribution is 5.94. The molecule has 6 heteroatoms. The lowest BCUT2D eigenvalue weighted by Crippen LogP contribution is -2.29. The van der Waals surface area contributed by atoms with Crippen molar-refractivity contribution in [2.24, 2.45) is 0 Å². The number of nitro benzene ring substituents is 1. The molecule has 0 aliphatic carbocycles. The molecule has 1 amide bonds. The van der Waals surface area contributed by atoms with E-state index in [-0.39, 0.29) is 17.2 Å². The highest BCUT2D eigenvalue weighted by Crippen LogP contribution is 2.20. The van der Waals surface area contributed by atoms with Crippen LogP contribution in [0.3, 0.4) is 0 Å². The highest BCUT2D eigenvalue weighted by atomic mass is 16.6. The van der Waals surface area contributed by atoms with Crippen molar-refractivity contribution in [3.05, 3.63) is 39.4 Å². The SMILES string of the molecule is Cc1ccc(C(=O)N(C)CCC(C)O)cc1[N+](=O)[O-]. The van der Waals surface area contributed by atoms with Crippen LogP contribution in [0, 0.1) is 17.0 Å². The zero-order valence-electron chi connectivity index (χ0n) is 11.3. The Bertz CT molecular complexity index is 486. The number of aliphatic hydroxyl groups is 1. The maximum Gasteiger partial charge on any atom is 0.273 e. The summed E-state index contributed by atoms with van der Waals surface area (Å²) in [6.45, 7) is 3.68. The summed E-state index contributed by atoms with van der Waals surface area (Å²) < 4.78 is 0. The average Bonchev–Trinajstić information content (AvgIpc) is 2.35. The molecule has 0 aromatic heterocycles. The third-order valence-electron chi connectivity index (χ3n) is 2.88. The first-order valence-electron chi connectivity index (χ1n) is 6.01. The summed E-state index contributed by atoms with van der Waals surface area (Å²) in [7, 11) is 1.61. The number of benzene rings is 1. The van der Waals surface area contributed by atoms with E-state index < -0.39 is 11.0 Å². The fourth-order valence-electron chi connectivity index (χ4n) is 1.64. The number of amides is 1. The number of hydrogen-bond acceptors (Lipinski definition) is 4. The molecule has 0 spiro atoms. The fourth-order valence-corrected chi connectivity index (χ4v) is 1.64. The second-order valence-electron chi connectivity index (χ2n) is 4.62. The predicted molar refractivity (Wildman–Crippen MR) is 71.1 cm³/mol. The minimum atomic E-state index is -0.498. The van der Waals surface area contributed by atoms with Crippen LogP contribution < -0.4 is 0 Å². The Balaban J connectivity index is 2.88. The summed E-state index contributed by atoms with van der Waals surface area (Å²) in [5, 5.41) is 20.0. The van der Waals surface area contributed by atoms with Gasteiger partial charge in [-0.25, -0.2) is 0 Å². The van der Waals surface area contributed by atoms with Gasteiger partial charge in [-0.1, -0.05) is 6.07 Å². The van der Waals surface area contributed by atoms with Crippen molar-refractivity contribution in [3.8, 4) is 0 Å². The van der Waals surface area contributed by atoms with E-state index in [0.717, 1.165) is 0 Å². The van der Waals surface area contributed by atoms with E-state index in [1.807, 2.05) is 0 Å². The highest BCUT2D eigenvalue weighted by Gasteiger charge is 2.17. The Morgan fingerprint density at radius 2 is 2.16 bits per heavy atom. The van der Waals surface area contributed by atoms with Crippen molar-refractivity contribution in [2.45, 2.75) is 26.4 Å². The van der Waals surface area contributed by atoms with Gasteiger partial charge in [-0.2, -0.15) is 0 Å². The summed E-state index contributed by atoms with van der Waals surface area (Å²) in [5.41, 5.74) is 0.744. The first-order valence-corrected chi connectivity index (χ1v) is 6.01. The van der Waals surface area contributed by atoms with Gasteiger partial charge in [0.2, 0.25) is 0 Å². The lowest BCUT2D eigenvalue weighted by atomic mass is 10.1. The van der Waals surface area contributed by atoms with Crippen molar-refractivity contribution in [1.82, 2.24) is 4.90 Å². The lowest BCUT2D eigenvalue weighted by Gasteiger charge is -2.18. The van der Waals surface area contributed by atoms with Crippen LogP contribution in [0.15, 0.2) is 18.2 Å². The molecule has 19 heavy (non-hydrogen) atoms. The number of rotatable bonds is 5. The second-order valence-corrected chi connectivity index (χ2v) is 4.62. The third kappa shape index (κ3) is 4.03. The maximum atomic E-state index is 12.1. The van der Waals surface area contributed by atoms with Crippen LogP contribution >= 0.6 is 0 Å². The monoisotopic (exact) mass is 266 g/mol. The molecule has 0 fully saturated rings. The van der Waals surface area contributed by atoms with Gasteiger partial charge in [-0.3, -0.25) is 14.9 Å². The molecule has 104 valence electrons. The number of hydrogen-bond donors (Lipinski definition) is 1. The molecule has 0 aliphatic rings. The van der Waals surface area contributed by atoms with Crippen LogP contribution in [0.4, 0.5) is 5.69 Å². The van der Waals surface area contributed by atoms with Gasteiger partial charge in [0.15, 0.2) is 0 Å². The zero-order valence-corrected chi connectivity index (χ0v) is 11.3. The lowest BCUT2D eigenvalue weighted by molar-refractivity contribution is -0.385. The van der Waals surface area contributed by atoms with Crippen LogP contribution in [0.25, 0.3) is 0 Å². The van der Waals surface area contributed by atoms with Crippen LogP contribution in [0.5, 0.6) is 0 Å². The molecule has 0 radical (unpaired) electrons. The summed E-state index contributed by atoms with van der Waals surface area (Å²) in [6.07, 6.45) is -0.0153. The van der Waals surface area contributed by atoms with E-state index in [4.69, 9.17) is 0 Å². The van der Waals surface area contributed by atoms with Gasteiger partial charge in [-0.15, -0.1) is 0 Å². The largest absolute Gasteiger partial charge is 0.393 e. The second kappa shape index (κ2) is 6.29. The van der Waals surface area contributed by atoms with Crippen LogP contribution in [-0.2, 0) is 0 Å². The van der Waals surface area contributed by atoms with Crippen molar-refractivity contribution in [1.29, 1.82) is 0 Å². The van der Waals surface area contributed by atoms with E-state index in [0.29, 0.717) is 18.5 Å². The van der Waals surface area contributed by atoms with Gasteiger partial charge in [0.25, 0.3) is 11.6 Å². The van der Waals surface area contributed by atoms with Crippen LogP contribution in [-0.4, -0.2) is 40.5 Å². The minimum absolute atomic E-state index is 0.0604. The smallest absolute Gasteiger partial charge is 0.273 e. The summed E-state index contributed by atoms with van der Waals surface area (Å²) in [5.74, 6) is -0.288. The number of nitro groups is 1. The molecule has 1 rings (SSSR count). The molecule has 0 saturated carbocycles. The van der Waals surface area contributed by atoms with Crippen molar-refractivity contribution >= 4 is 11.6 Å². The molecular weight excluding hydrogens is 248 g/mol. The molecular formula is C13H18N2O4. The van der Waals surface area contributed by atoms with E-state index in [2.05, 4.69) is 0 Å². The summed E-state index contributed by atoms with van der Waals surface area (Å²) in [4.78, 5) is 23.8. The number of aryl methyl sites for hydroxylation is 1. The van der Waals surface area contributed by atoms with Crippen LogP contribution in [0.2, 0.25) is 0 Å². The Hall–Kier alpha value is -1.95. The van der Waals surface area contributed by atoms with E-state index in [1.54, 1.807) is 33.0 Å². The molecule has 0 bridgehead atoms. The standard InChI is InChI=1S/C13H18N2O4/c1-9-4-5-11(8-12(9)15(18)19)13(17)14(3)7-6-10(2)16/h4-5,8,10,16H,6-7H2,1-3H3. The molecule has 1 N–H and O–H groups in total. The predicted octanol–water partition coefficient (Wildman–Crippen LogP) is 1.75. The van der Waals surface area contributed by atoms with Crippen molar-refractivity contribution in [2.75, 3.05) is 13.6 Å². The molecule has 1 unspecified atom stereocenters. The number of carbonyl (C=O) groups excluding carboxylic acids is 1. The third-order valence-corrected chi connectivity index (χ3v) is 2.88. The quantitative estimate of drug-likeness (QED) is 0.650. The van der Waals surface area contributed by atoms with Crippen LogP contribution in [0.1, 0.15) is 29.3 Å². The Morgan fingerprint density at radius 1 is 1.53 bits per heavy atom. The molecule has 0 saturated heterocycles. The van der Waals surface area contributed by atoms with Gasteiger partial charge >= 0.3 is 0 Å². The van der Waals surface area contributed by atoms with Gasteiger partial charge in [-0.05, 0) is 26.3 Å². The molecule has 0 aliphatic heterocycles. The average molecular weight is 266 g/mol. The normalized spacial score (nSPS) is 12.0. The Kier molecular flexibility index (Phi) is 5.00. The van der Waals surface area contributed by atoms with Gasteiger partial charge in [0.05, 0.1) is 11.0 Å². The van der Waals surface area contributed by atoms with Gasteiger partial charge in [0, 0.05) is 30.8 Å². The fraction of sp³-hybridized carbons (Fsp3) is 0.462. The molecule has 1 atom stereocenters. The van der Waals surface area contributed by atoms with E-state index in [1.165, 1.54) is 11.0 Å². The topological polar surface area (TPSA) is 83.7 Å². The van der Waals surface area contributed by atoms with Crippen molar-refractivity contribution < 1.29 is 14.8 Å². The van der Waals surface area contributed by atoms with Crippen molar-refractivity contribution in [3.63, 3.8) is 0 Å². The number of carbonyl (C=O) groups is 1. The van der Waals surface area contributed by atoms with Gasteiger partial charge in [0.1, 0.15) is 0 Å².